The molecule has 0 radical (unpaired) electrons. The highest BCUT2D eigenvalue weighted by Crippen LogP contribution is 2.21. The second kappa shape index (κ2) is 6.39. The van der Waals surface area contributed by atoms with Gasteiger partial charge in [-0.25, -0.2) is 0 Å². The molecule has 1 fully saturated rings. The van der Waals surface area contributed by atoms with E-state index < -0.39 is 0 Å². The maximum atomic E-state index is 12.3. The van der Waals surface area contributed by atoms with Crippen LogP contribution in [0.25, 0.3) is 0 Å². The van der Waals surface area contributed by atoms with Crippen LogP contribution in [-0.4, -0.2) is 29.1 Å². The Morgan fingerprint density at radius 3 is 2.53 bits per heavy atom. The highest BCUT2D eigenvalue weighted by atomic mass is 16.2. The Balaban J connectivity index is 2.58. The molecule has 3 heteroatoms. The fraction of sp³-hybridized carbons (Fsp3) is 0.929. The van der Waals surface area contributed by atoms with Crippen molar-refractivity contribution in [2.75, 3.05) is 0 Å². The topological polar surface area (TPSA) is 32.3 Å². The van der Waals surface area contributed by atoms with Crippen molar-refractivity contribution in [3.63, 3.8) is 0 Å². The highest BCUT2D eigenvalue weighted by molar-refractivity contribution is 5.84. The number of carbonyl (C=O) groups excluding carboxylic acids is 1. The molecule has 1 saturated heterocycles. The number of nitrogens with zero attached hydrogens (tertiary/aromatic N) is 1. The number of unbranched alkanes of at least 4 members (excludes halogenated alkanes) is 1. The molecule has 0 aromatic heterocycles. The zero-order valence-corrected chi connectivity index (χ0v) is 12.0. The van der Waals surface area contributed by atoms with Crippen LogP contribution in [0.1, 0.15) is 60.3 Å². The van der Waals surface area contributed by atoms with Gasteiger partial charge in [-0.15, -0.1) is 0 Å². The van der Waals surface area contributed by atoms with Crippen molar-refractivity contribution >= 4 is 5.91 Å². The number of amides is 1. The van der Waals surface area contributed by atoms with Crippen LogP contribution in [0.3, 0.4) is 0 Å². The van der Waals surface area contributed by atoms with Crippen LogP contribution in [0.15, 0.2) is 0 Å². The van der Waals surface area contributed by atoms with Crippen LogP contribution in [0, 0.1) is 5.92 Å². The number of carbonyl (C=O) groups is 1. The second-order valence-electron chi connectivity index (χ2n) is 5.76. The summed E-state index contributed by atoms with van der Waals surface area (Å²) in [4.78, 5) is 14.4. The van der Waals surface area contributed by atoms with E-state index in [-0.39, 0.29) is 12.2 Å². The van der Waals surface area contributed by atoms with Gasteiger partial charge in [-0.1, -0.05) is 33.6 Å². The van der Waals surface area contributed by atoms with Crippen molar-refractivity contribution in [3.05, 3.63) is 0 Å². The van der Waals surface area contributed by atoms with E-state index in [2.05, 4.69) is 39.9 Å². The number of hydrogen-bond acceptors (Lipinski definition) is 2. The van der Waals surface area contributed by atoms with Crippen LogP contribution in [0.2, 0.25) is 0 Å². The Bertz CT molecular complexity index is 253. The van der Waals surface area contributed by atoms with Crippen LogP contribution in [0.5, 0.6) is 0 Å². The zero-order valence-electron chi connectivity index (χ0n) is 12.0. The molecule has 1 aliphatic heterocycles. The average molecular weight is 240 g/mol. The van der Waals surface area contributed by atoms with E-state index in [1.165, 1.54) is 0 Å². The lowest BCUT2D eigenvalue weighted by atomic mass is 10.0. The molecule has 3 atom stereocenters. The van der Waals surface area contributed by atoms with E-state index in [9.17, 15) is 4.79 Å². The van der Waals surface area contributed by atoms with Gasteiger partial charge in [-0.3, -0.25) is 10.1 Å². The lowest BCUT2D eigenvalue weighted by molar-refractivity contribution is -0.132. The number of hydrogen-bond donors (Lipinski definition) is 1. The van der Waals surface area contributed by atoms with Crippen molar-refractivity contribution in [1.82, 2.24) is 10.2 Å². The van der Waals surface area contributed by atoms with Crippen LogP contribution in [0.4, 0.5) is 0 Å². The Morgan fingerprint density at radius 2 is 2.00 bits per heavy atom. The molecule has 1 aliphatic rings. The Hall–Kier alpha value is -0.570. The van der Waals surface area contributed by atoms with Crippen LogP contribution in [-0.2, 0) is 4.79 Å². The van der Waals surface area contributed by atoms with Gasteiger partial charge < -0.3 is 4.90 Å². The van der Waals surface area contributed by atoms with Gasteiger partial charge in [0, 0.05) is 6.04 Å². The SMILES string of the molecule is CCCCC1NC(C)N(C(C)CC(C)C)C1=O. The smallest absolute Gasteiger partial charge is 0.241 e. The molecule has 0 bridgehead atoms. The third-order valence-corrected chi connectivity index (χ3v) is 3.55. The van der Waals surface area contributed by atoms with Crippen molar-refractivity contribution < 1.29 is 4.79 Å². The molecule has 1 amide bonds. The van der Waals surface area contributed by atoms with Gasteiger partial charge in [0.05, 0.1) is 12.2 Å². The van der Waals surface area contributed by atoms with Gasteiger partial charge >= 0.3 is 0 Å². The molecule has 0 aliphatic carbocycles. The Morgan fingerprint density at radius 1 is 1.35 bits per heavy atom. The van der Waals surface area contributed by atoms with E-state index in [0.29, 0.717) is 17.9 Å². The molecule has 1 rings (SSSR count). The summed E-state index contributed by atoms with van der Waals surface area (Å²) in [5.41, 5.74) is 0. The predicted octanol–water partition coefficient (Wildman–Crippen LogP) is 2.76. The largest absolute Gasteiger partial charge is 0.323 e. The van der Waals surface area contributed by atoms with Gasteiger partial charge in [-0.05, 0) is 32.6 Å². The normalized spacial score (nSPS) is 26.9. The molecule has 0 saturated carbocycles. The molecule has 1 N–H and O–H groups in total. The summed E-state index contributed by atoms with van der Waals surface area (Å²) in [5.74, 6) is 0.943. The first-order valence-electron chi connectivity index (χ1n) is 7.05. The Labute approximate surface area is 106 Å². The quantitative estimate of drug-likeness (QED) is 0.774. The Kier molecular flexibility index (Phi) is 5.44. The van der Waals surface area contributed by atoms with Crippen LogP contribution < -0.4 is 5.32 Å². The molecular formula is C14H28N2O. The molecule has 3 unspecified atom stereocenters. The molecule has 1 heterocycles. The van der Waals surface area contributed by atoms with Gasteiger partial charge in [0.2, 0.25) is 5.91 Å². The molecule has 0 aromatic rings. The van der Waals surface area contributed by atoms with Gasteiger partial charge in [0.1, 0.15) is 0 Å². The number of nitrogens with one attached hydrogen (secondary N) is 1. The maximum Gasteiger partial charge on any atom is 0.241 e. The van der Waals surface area contributed by atoms with Crippen molar-refractivity contribution in [1.29, 1.82) is 0 Å². The maximum absolute atomic E-state index is 12.3. The molecular weight excluding hydrogens is 212 g/mol. The molecule has 100 valence electrons. The molecule has 17 heavy (non-hydrogen) atoms. The third kappa shape index (κ3) is 3.70. The summed E-state index contributed by atoms with van der Waals surface area (Å²) in [6, 6.07) is 0.399. The summed E-state index contributed by atoms with van der Waals surface area (Å²) >= 11 is 0. The minimum Gasteiger partial charge on any atom is -0.323 e. The minimum absolute atomic E-state index is 0.0552. The van der Waals surface area contributed by atoms with Crippen molar-refractivity contribution in [2.45, 2.75) is 78.6 Å². The van der Waals surface area contributed by atoms with E-state index in [1.807, 2.05) is 4.90 Å². The first-order chi connectivity index (χ1) is 7.97. The average Bonchev–Trinajstić information content (AvgIpc) is 2.50. The van der Waals surface area contributed by atoms with Crippen LogP contribution >= 0.6 is 0 Å². The standard InChI is InChI=1S/C14H28N2O/c1-6-7-8-13-14(17)16(12(5)15-13)11(4)9-10(2)3/h10-13,15H,6-9H2,1-5H3. The van der Waals surface area contributed by atoms with Crippen molar-refractivity contribution in [2.24, 2.45) is 5.92 Å². The van der Waals surface area contributed by atoms with Gasteiger partial charge in [-0.2, -0.15) is 0 Å². The predicted molar refractivity (Wildman–Crippen MR) is 71.7 cm³/mol. The van der Waals surface area contributed by atoms with E-state index in [4.69, 9.17) is 0 Å². The summed E-state index contributed by atoms with van der Waals surface area (Å²) in [6.45, 7) is 10.9. The van der Waals surface area contributed by atoms with Gasteiger partial charge in [0.25, 0.3) is 0 Å². The lowest BCUT2D eigenvalue weighted by Crippen LogP contribution is -2.42. The zero-order chi connectivity index (χ0) is 13.0. The molecule has 0 aromatic carbocycles. The lowest BCUT2D eigenvalue weighted by Gasteiger charge is -2.29. The number of rotatable bonds is 6. The molecule has 3 nitrogen and oxygen atoms in total. The summed E-state index contributed by atoms with van der Waals surface area (Å²) < 4.78 is 0. The first-order valence-corrected chi connectivity index (χ1v) is 7.05. The second-order valence-corrected chi connectivity index (χ2v) is 5.76. The third-order valence-electron chi connectivity index (χ3n) is 3.55. The fourth-order valence-corrected chi connectivity index (χ4v) is 2.82. The van der Waals surface area contributed by atoms with E-state index in [0.717, 1.165) is 25.7 Å². The van der Waals surface area contributed by atoms with Gasteiger partial charge in [0.15, 0.2) is 0 Å². The minimum atomic E-state index is 0.0552. The summed E-state index contributed by atoms with van der Waals surface area (Å²) in [5, 5.41) is 3.42. The van der Waals surface area contributed by atoms with E-state index in [1.54, 1.807) is 0 Å². The van der Waals surface area contributed by atoms with Crippen molar-refractivity contribution in [3.8, 4) is 0 Å². The summed E-state index contributed by atoms with van der Waals surface area (Å²) in [6.07, 6.45) is 4.53. The first kappa shape index (κ1) is 14.5. The fourth-order valence-electron chi connectivity index (χ4n) is 2.82. The van der Waals surface area contributed by atoms with E-state index >= 15 is 0 Å². The highest BCUT2D eigenvalue weighted by Gasteiger charge is 2.38. The monoisotopic (exact) mass is 240 g/mol. The molecule has 0 spiro atoms. The summed E-state index contributed by atoms with van der Waals surface area (Å²) in [7, 11) is 0.